The molecule has 0 amide bonds. The first-order valence-electron chi connectivity index (χ1n) is 7.36. The maximum absolute atomic E-state index is 9.13. The third kappa shape index (κ3) is 3.26. The molecule has 0 bridgehead atoms. The van der Waals surface area contributed by atoms with E-state index in [0.29, 0.717) is 5.92 Å². The predicted molar refractivity (Wildman–Crippen MR) is 79.6 cm³/mol. The number of nitriles is 1. The van der Waals surface area contributed by atoms with Crippen LogP contribution in [0.15, 0.2) is 12.4 Å². The van der Waals surface area contributed by atoms with Crippen LogP contribution in [0.2, 0.25) is 0 Å². The van der Waals surface area contributed by atoms with Crippen molar-refractivity contribution in [3.05, 3.63) is 18.1 Å². The lowest BCUT2D eigenvalue weighted by Gasteiger charge is -2.37. The Morgan fingerprint density at radius 2 is 1.95 bits per heavy atom. The van der Waals surface area contributed by atoms with Gasteiger partial charge < -0.3 is 4.90 Å². The number of rotatable bonds is 4. The van der Waals surface area contributed by atoms with Crippen molar-refractivity contribution in [2.24, 2.45) is 0 Å². The summed E-state index contributed by atoms with van der Waals surface area (Å²) in [6.07, 6.45) is 2.54. The first-order chi connectivity index (χ1) is 9.65. The van der Waals surface area contributed by atoms with Crippen molar-refractivity contribution in [1.29, 1.82) is 5.26 Å². The Morgan fingerprint density at radius 3 is 2.50 bits per heavy atom. The van der Waals surface area contributed by atoms with Gasteiger partial charge in [0.05, 0.1) is 12.1 Å². The summed E-state index contributed by atoms with van der Waals surface area (Å²) in [5.74, 6) is 1.43. The summed E-state index contributed by atoms with van der Waals surface area (Å²) in [6.45, 7) is 10.0. The van der Waals surface area contributed by atoms with Crippen molar-refractivity contribution in [1.82, 2.24) is 14.9 Å². The molecular weight excluding hydrogens is 250 g/mol. The predicted octanol–water partition coefficient (Wildman–Crippen LogP) is 2.02. The van der Waals surface area contributed by atoms with Gasteiger partial charge in [-0.05, 0) is 12.3 Å². The second kappa shape index (κ2) is 6.67. The molecule has 0 aliphatic carbocycles. The Hall–Kier alpha value is -1.67. The Bertz CT molecular complexity index is 471. The number of anilines is 1. The van der Waals surface area contributed by atoms with Crippen LogP contribution in [0.3, 0.4) is 0 Å². The Morgan fingerprint density at radius 1 is 1.25 bits per heavy atom. The third-order valence-electron chi connectivity index (χ3n) is 3.88. The van der Waals surface area contributed by atoms with Crippen LogP contribution < -0.4 is 4.90 Å². The molecule has 0 saturated carbocycles. The molecule has 1 saturated heterocycles. The first-order valence-corrected chi connectivity index (χ1v) is 7.36. The van der Waals surface area contributed by atoms with Crippen molar-refractivity contribution < 1.29 is 0 Å². The van der Waals surface area contributed by atoms with Crippen LogP contribution in [0.5, 0.6) is 0 Å². The van der Waals surface area contributed by atoms with E-state index in [0.717, 1.165) is 44.1 Å². The molecule has 2 rings (SSSR count). The van der Waals surface area contributed by atoms with Gasteiger partial charge in [0.25, 0.3) is 0 Å². The molecule has 20 heavy (non-hydrogen) atoms. The second-order valence-corrected chi connectivity index (χ2v) is 5.53. The second-order valence-electron chi connectivity index (χ2n) is 5.53. The Kier molecular flexibility index (Phi) is 4.91. The summed E-state index contributed by atoms with van der Waals surface area (Å²) >= 11 is 0. The van der Waals surface area contributed by atoms with E-state index < -0.39 is 0 Å². The fourth-order valence-corrected chi connectivity index (χ4v) is 2.54. The van der Waals surface area contributed by atoms with Crippen LogP contribution in [-0.2, 0) is 0 Å². The number of piperazine rings is 1. The molecule has 1 aliphatic rings. The highest BCUT2D eigenvalue weighted by molar-refractivity contribution is 5.40. The molecule has 0 N–H and O–H groups in total. The van der Waals surface area contributed by atoms with Crippen LogP contribution in [0.4, 0.5) is 5.82 Å². The van der Waals surface area contributed by atoms with Gasteiger partial charge in [0.15, 0.2) is 0 Å². The summed E-state index contributed by atoms with van der Waals surface area (Å²) in [5.41, 5.74) is 1.08. The highest BCUT2D eigenvalue weighted by Crippen LogP contribution is 2.19. The largest absolute Gasteiger partial charge is 0.354 e. The molecule has 0 radical (unpaired) electrons. The molecule has 1 aromatic rings. The lowest BCUT2D eigenvalue weighted by atomic mass is 10.1. The average molecular weight is 273 g/mol. The molecule has 108 valence electrons. The molecule has 1 atom stereocenters. The van der Waals surface area contributed by atoms with Crippen LogP contribution in [-0.4, -0.2) is 47.1 Å². The van der Waals surface area contributed by atoms with Crippen molar-refractivity contribution in [3.8, 4) is 6.07 Å². The molecule has 5 nitrogen and oxygen atoms in total. The van der Waals surface area contributed by atoms with Crippen LogP contribution >= 0.6 is 0 Å². The fourth-order valence-electron chi connectivity index (χ4n) is 2.54. The molecule has 0 aromatic carbocycles. The smallest absolute Gasteiger partial charge is 0.132 e. The van der Waals surface area contributed by atoms with Gasteiger partial charge in [-0.15, -0.1) is 0 Å². The van der Waals surface area contributed by atoms with Gasteiger partial charge >= 0.3 is 0 Å². The van der Waals surface area contributed by atoms with E-state index in [1.54, 1.807) is 6.33 Å². The van der Waals surface area contributed by atoms with Crippen molar-refractivity contribution in [3.63, 3.8) is 0 Å². The van der Waals surface area contributed by atoms with Gasteiger partial charge in [-0.25, -0.2) is 9.97 Å². The number of hydrogen-bond acceptors (Lipinski definition) is 5. The summed E-state index contributed by atoms with van der Waals surface area (Å²) in [7, 11) is 0. The van der Waals surface area contributed by atoms with E-state index in [4.69, 9.17) is 5.26 Å². The van der Waals surface area contributed by atoms with Crippen molar-refractivity contribution in [2.75, 3.05) is 31.1 Å². The Labute approximate surface area is 121 Å². The summed E-state index contributed by atoms with van der Waals surface area (Å²) in [6, 6.07) is 4.52. The zero-order chi connectivity index (χ0) is 14.5. The van der Waals surface area contributed by atoms with Crippen molar-refractivity contribution >= 4 is 5.82 Å². The quantitative estimate of drug-likeness (QED) is 0.840. The van der Waals surface area contributed by atoms with Crippen LogP contribution in [0.25, 0.3) is 0 Å². The molecule has 0 spiro atoms. The van der Waals surface area contributed by atoms with E-state index in [9.17, 15) is 0 Å². The molecular formula is C15H23N5. The van der Waals surface area contributed by atoms with E-state index >= 15 is 0 Å². The monoisotopic (exact) mass is 273 g/mol. The summed E-state index contributed by atoms with van der Waals surface area (Å²) in [5, 5.41) is 9.13. The van der Waals surface area contributed by atoms with Gasteiger partial charge in [0.1, 0.15) is 12.1 Å². The molecule has 2 heterocycles. The van der Waals surface area contributed by atoms with Gasteiger partial charge in [-0.3, -0.25) is 4.90 Å². The molecule has 1 aromatic heterocycles. The van der Waals surface area contributed by atoms with Crippen molar-refractivity contribution in [2.45, 2.75) is 39.2 Å². The normalized spacial score (nSPS) is 18.1. The van der Waals surface area contributed by atoms with E-state index in [1.807, 2.05) is 0 Å². The lowest BCUT2D eigenvalue weighted by molar-refractivity contribution is 0.216. The zero-order valence-corrected chi connectivity index (χ0v) is 12.6. The van der Waals surface area contributed by atoms with Gasteiger partial charge in [-0.2, -0.15) is 5.26 Å². The number of nitrogens with zero attached hydrogens (tertiary/aromatic N) is 5. The lowest BCUT2D eigenvalue weighted by Crippen LogP contribution is -2.50. The summed E-state index contributed by atoms with van der Waals surface area (Å²) in [4.78, 5) is 13.2. The number of hydrogen-bond donors (Lipinski definition) is 0. The number of aromatic nitrogens is 2. The maximum Gasteiger partial charge on any atom is 0.132 e. The topological polar surface area (TPSA) is 56.1 Å². The SMILES string of the molecule is CCC(C#N)N1CCN(c2cc(C(C)C)ncn2)CC1. The van der Waals surface area contributed by atoms with Gasteiger partial charge in [-0.1, -0.05) is 20.8 Å². The minimum absolute atomic E-state index is 0.0498. The van der Waals surface area contributed by atoms with E-state index in [1.165, 1.54) is 0 Å². The fraction of sp³-hybridized carbons (Fsp3) is 0.667. The molecule has 1 aliphatic heterocycles. The van der Waals surface area contributed by atoms with E-state index in [2.05, 4.69) is 52.7 Å². The highest BCUT2D eigenvalue weighted by atomic mass is 15.3. The minimum Gasteiger partial charge on any atom is -0.354 e. The van der Waals surface area contributed by atoms with Crippen LogP contribution in [0, 0.1) is 11.3 Å². The van der Waals surface area contributed by atoms with Crippen LogP contribution in [0.1, 0.15) is 38.8 Å². The zero-order valence-electron chi connectivity index (χ0n) is 12.6. The first kappa shape index (κ1) is 14.7. The molecule has 1 fully saturated rings. The van der Waals surface area contributed by atoms with Gasteiger partial charge in [0.2, 0.25) is 0 Å². The molecule has 1 unspecified atom stereocenters. The molecule has 5 heteroatoms. The van der Waals surface area contributed by atoms with E-state index in [-0.39, 0.29) is 6.04 Å². The highest BCUT2D eigenvalue weighted by Gasteiger charge is 2.23. The Balaban J connectivity index is 2.00. The minimum atomic E-state index is 0.0498. The average Bonchev–Trinajstić information content (AvgIpc) is 2.49. The third-order valence-corrected chi connectivity index (χ3v) is 3.88. The summed E-state index contributed by atoms with van der Waals surface area (Å²) < 4.78 is 0. The van der Waals surface area contributed by atoms with Gasteiger partial charge in [0, 0.05) is 37.9 Å². The standard InChI is InChI=1S/C15H23N5/c1-4-13(10-16)19-5-7-20(8-6-19)15-9-14(12(2)3)17-11-18-15/h9,11-13H,4-8H2,1-3H3. The maximum atomic E-state index is 9.13.